The van der Waals surface area contributed by atoms with Crippen LogP contribution in [0, 0.1) is 11.3 Å². The van der Waals surface area contributed by atoms with E-state index in [2.05, 4.69) is 24.0 Å². The monoisotopic (exact) mass is 403 g/mol. The lowest BCUT2D eigenvalue weighted by molar-refractivity contribution is -0.139. The summed E-state index contributed by atoms with van der Waals surface area (Å²) in [4.78, 5) is 16.2. The second-order valence-electron chi connectivity index (χ2n) is 6.75. The molecule has 0 aliphatic heterocycles. The third kappa shape index (κ3) is 5.79. The minimum absolute atomic E-state index is 0.0118. The summed E-state index contributed by atoms with van der Waals surface area (Å²) in [7, 11) is 0. The lowest BCUT2D eigenvalue weighted by atomic mass is 10.0. The zero-order valence-corrected chi connectivity index (χ0v) is 16.7. The van der Waals surface area contributed by atoms with E-state index in [-0.39, 0.29) is 19.1 Å². The molecule has 7 heteroatoms. The number of ether oxygens (including phenoxy) is 2. The minimum atomic E-state index is -0.527. The van der Waals surface area contributed by atoms with Crippen LogP contribution in [0.4, 0.5) is 0 Å². The van der Waals surface area contributed by atoms with Gasteiger partial charge in [0.25, 0.3) is 5.89 Å². The lowest BCUT2D eigenvalue weighted by Crippen LogP contribution is -2.01. The molecule has 2 aromatic carbocycles. The number of nitriles is 1. The van der Waals surface area contributed by atoms with Gasteiger partial charge in [0.05, 0.1) is 0 Å². The number of hydrogen-bond acceptors (Lipinski definition) is 7. The molecular weight excluding hydrogens is 382 g/mol. The van der Waals surface area contributed by atoms with E-state index in [1.54, 1.807) is 30.3 Å². The predicted molar refractivity (Wildman–Crippen MR) is 110 cm³/mol. The zero-order chi connectivity index (χ0) is 21.3. The summed E-state index contributed by atoms with van der Waals surface area (Å²) in [6.45, 7) is 4.14. The van der Waals surface area contributed by atoms with Gasteiger partial charge in [0.15, 0.2) is 13.2 Å². The molecule has 0 aliphatic carbocycles. The maximum atomic E-state index is 11.9. The molecule has 1 aromatic heterocycles. The van der Waals surface area contributed by atoms with Gasteiger partial charge in [-0.15, -0.1) is 0 Å². The highest BCUT2D eigenvalue weighted by Gasteiger charge is 2.10. The van der Waals surface area contributed by atoms with E-state index in [1.807, 2.05) is 30.3 Å². The Hall–Kier alpha value is -3.92. The van der Waals surface area contributed by atoms with Gasteiger partial charge >= 0.3 is 5.97 Å². The summed E-state index contributed by atoms with van der Waals surface area (Å²) in [6.07, 6.45) is 2.93. The molecule has 0 bridgehead atoms. The molecule has 3 rings (SSSR count). The van der Waals surface area contributed by atoms with Crippen LogP contribution in [-0.4, -0.2) is 22.7 Å². The van der Waals surface area contributed by atoms with Crippen LogP contribution in [0.2, 0.25) is 0 Å². The Morgan fingerprint density at radius 2 is 1.90 bits per heavy atom. The van der Waals surface area contributed by atoms with E-state index >= 15 is 0 Å². The first-order valence-electron chi connectivity index (χ1n) is 9.42. The number of carbonyl (C=O) groups excluding carboxylic acids is 1. The summed E-state index contributed by atoms with van der Waals surface area (Å²) in [6, 6.07) is 16.8. The van der Waals surface area contributed by atoms with Gasteiger partial charge in [-0.3, -0.25) is 0 Å². The van der Waals surface area contributed by atoms with Gasteiger partial charge in [-0.1, -0.05) is 55.4 Å². The van der Waals surface area contributed by atoms with Crippen molar-refractivity contribution in [2.24, 2.45) is 0 Å². The van der Waals surface area contributed by atoms with Gasteiger partial charge in [-0.25, -0.2) is 4.79 Å². The van der Waals surface area contributed by atoms with Gasteiger partial charge in [-0.2, -0.15) is 10.2 Å². The number of nitrogens with zero attached hydrogens (tertiary/aromatic N) is 3. The Labute approximate surface area is 174 Å². The topological polar surface area (TPSA) is 98.2 Å². The number of hydrogen-bond donors (Lipinski definition) is 0. The molecule has 0 atom stereocenters. The molecule has 0 aliphatic rings. The largest absolute Gasteiger partial charge is 0.479 e. The van der Waals surface area contributed by atoms with Crippen molar-refractivity contribution in [1.82, 2.24) is 10.1 Å². The highest BCUT2D eigenvalue weighted by molar-refractivity contribution is 5.87. The van der Waals surface area contributed by atoms with Crippen molar-refractivity contribution in [3.05, 3.63) is 71.6 Å². The van der Waals surface area contributed by atoms with Crippen LogP contribution in [0.3, 0.4) is 0 Å². The molecule has 0 saturated carbocycles. The molecule has 0 saturated heterocycles. The van der Waals surface area contributed by atoms with Gasteiger partial charge in [0.2, 0.25) is 5.82 Å². The number of benzene rings is 2. The lowest BCUT2D eigenvalue weighted by Gasteiger charge is -2.04. The third-order valence-corrected chi connectivity index (χ3v) is 4.24. The average molecular weight is 403 g/mol. The van der Waals surface area contributed by atoms with Crippen LogP contribution in [0.15, 0.2) is 59.1 Å². The Morgan fingerprint density at radius 3 is 2.57 bits per heavy atom. The number of esters is 1. The van der Waals surface area contributed by atoms with Crippen LogP contribution in [0.25, 0.3) is 17.5 Å². The molecule has 0 spiro atoms. The van der Waals surface area contributed by atoms with Gasteiger partial charge in [-0.05, 0) is 35.3 Å². The maximum absolute atomic E-state index is 11.9. The first-order valence-corrected chi connectivity index (χ1v) is 9.42. The fraction of sp³-hybridized carbons (Fsp3) is 0.217. The van der Waals surface area contributed by atoms with Crippen molar-refractivity contribution in [3.8, 4) is 23.2 Å². The third-order valence-electron chi connectivity index (χ3n) is 4.24. The molecule has 152 valence electrons. The summed E-state index contributed by atoms with van der Waals surface area (Å²) < 4.78 is 15.5. The fourth-order valence-electron chi connectivity index (χ4n) is 2.58. The minimum Gasteiger partial charge on any atom is -0.479 e. The Kier molecular flexibility index (Phi) is 6.95. The second-order valence-corrected chi connectivity index (χ2v) is 6.75. The molecule has 3 aromatic rings. The summed E-state index contributed by atoms with van der Waals surface area (Å²) in [5, 5.41) is 12.4. The normalized spacial score (nSPS) is 10.9. The molecule has 0 radical (unpaired) electrons. The molecular formula is C23H21N3O4. The molecule has 0 fully saturated rings. The second kappa shape index (κ2) is 10.0. The number of aromatic nitrogens is 2. The van der Waals surface area contributed by atoms with Crippen molar-refractivity contribution in [1.29, 1.82) is 5.26 Å². The molecule has 0 amide bonds. The molecule has 7 nitrogen and oxygen atoms in total. The van der Waals surface area contributed by atoms with Gasteiger partial charge < -0.3 is 14.0 Å². The van der Waals surface area contributed by atoms with E-state index in [0.717, 1.165) is 11.1 Å². The quantitative estimate of drug-likeness (QED) is 0.403. The summed E-state index contributed by atoms with van der Waals surface area (Å²) >= 11 is 0. The highest BCUT2D eigenvalue weighted by Crippen LogP contribution is 2.20. The smallest absolute Gasteiger partial charge is 0.331 e. The van der Waals surface area contributed by atoms with Crippen LogP contribution < -0.4 is 4.74 Å². The van der Waals surface area contributed by atoms with E-state index in [0.29, 0.717) is 17.5 Å². The van der Waals surface area contributed by atoms with Crippen molar-refractivity contribution < 1.29 is 18.8 Å². The Balaban J connectivity index is 1.51. The Morgan fingerprint density at radius 1 is 1.17 bits per heavy atom. The first kappa shape index (κ1) is 20.8. The molecule has 30 heavy (non-hydrogen) atoms. The molecule has 0 unspecified atom stereocenters. The molecule has 1 heterocycles. The Bertz CT molecular complexity index is 1050. The van der Waals surface area contributed by atoms with Crippen molar-refractivity contribution in [2.45, 2.75) is 26.4 Å². The highest BCUT2D eigenvalue weighted by atomic mass is 16.6. The van der Waals surface area contributed by atoms with Crippen LogP contribution in [0.5, 0.6) is 5.75 Å². The van der Waals surface area contributed by atoms with E-state index in [9.17, 15) is 4.79 Å². The van der Waals surface area contributed by atoms with Gasteiger partial charge in [0, 0.05) is 11.6 Å². The zero-order valence-electron chi connectivity index (χ0n) is 16.7. The summed E-state index contributed by atoms with van der Waals surface area (Å²) in [5.41, 5.74) is 2.86. The van der Waals surface area contributed by atoms with E-state index < -0.39 is 5.97 Å². The predicted octanol–water partition coefficient (Wildman–Crippen LogP) is 4.52. The average Bonchev–Trinajstić information content (AvgIpc) is 3.24. The van der Waals surface area contributed by atoms with E-state index in [1.165, 1.54) is 11.6 Å². The van der Waals surface area contributed by atoms with Crippen molar-refractivity contribution in [3.63, 3.8) is 0 Å². The number of carbonyl (C=O) groups is 1. The van der Waals surface area contributed by atoms with Crippen LogP contribution in [-0.2, 0) is 16.1 Å². The van der Waals surface area contributed by atoms with Crippen molar-refractivity contribution in [2.75, 3.05) is 6.61 Å². The fourth-order valence-corrected chi connectivity index (χ4v) is 2.58. The van der Waals surface area contributed by atoms with Crippen molar-refractivity contribution >= 4 is 12.0 Å². The van der Waals surface area contributed by atoms with E-state index in [4.69, 9.17) is 19.3 Å². The first-order chi connectivity index (χ1) is 14.5. The van der Waals surface area contributed by atoms with Gasteiger partial charge in [0.1, 0.15) is 11.8 Å². The number of rotatable bonds is 8. The SMILES string of the molecule is CC(C)c1ccc(-c2noc(COC(=O)/C=C/c3ccc(OCC#N)cc3)n2)cc1. The van der Waals surface area contributed by atoms with Crippen LogP contribution in [0.1, 0.15) is 36.8 Å². The standard InChI is InChI=1S/C23H21N3O4/c1-16(2)18-6-8-19(9-7-18)23-25-21(30-26-23)15-29-22(27)12-5-17-3-10-20(11-4-17)28-14-13-24/h3-12,16H,14-15H2,1-2H3/b12-5+. The molecule has 0 N–H and O–H groups in total. The summed E-state index contributed by atoms with van der Waals surface area (Å²) in [5.74, 6) is 1.18. The van der Waals surface area contributed by atoms with Crippen LogP contribution >= 0.6 is 0 Å². The maximum Gasteiger partial charge on any atom is 0.331 e.